The van der Waals surface area contributed by atoms with Crippen molar-refractivity contribution in [2.75, 3.05) is 13.1 Å². The smallest absolute Gasteiger partial charge is 0.0590 e. The maximum absolute atomic E-state index is 9.40. The molecule has 0 radical (unpaired) electrons. The summed E-state index contributed by atoms with van der Waals surface area (Å²) in [5.74, 6) is 0. The molecule has 1 atom stereocenters. The van der Waals surface area contributed by atoms with Crippen LogP contribution in [0.1, 0.15) is 27.7 Å². The second-order valence-corrected chi connectivity index (χ2v) is 4.33. The molecule has 1 N–H and O–H groups in total. The quantitative estimate of drug-likeness (QED) is 0.649. The molecule has 1 saturated heterocycles. The van der Waals surface area contributed by atoms with Crippen molar-refractivity contribution in [3.63, 3.8) is 0 Å². The maximum Gasteiger partial charge on any atom is 0.0590 e. The third kappa shape index (κ3) is 1.57. The average molecular weight is 157 g/mol. The molecule has 0 aromatic heterocycles. The zero-order valence-electron chi connectivity index (χ0n) is 7.96. The molecule has 1 fully saturated rings. The Labute approximate surface area is 69.2 Å². The Kier molecular flexibility index (Phi) is 2.26. The molecule has 0 saturated carbocycles. The molecule has 1 rings (SSSR count). The summed E-state index contributed by atoms with van der Waals surface area (Å²) < 4.78 is 0. The van der Waals surface area contributed by atoms with Gasteiger partial charge in [0.05, 0.1) is 6.10 Å². The molecule has 1 aliphatic rings. The van der Waals surface area contributed by atoms with Crippen LogP contribution in [0.3, 0.4) is 0 Å². The highest BCUT2D eigenvalue weighted by Crippen LogP contribution is 2.34. The molecule has 0 aromatic carbocycles. The van der Waals surface area contributed by atoms with Gasteiger partial charge in [-0.15, -0.1) is 0 Å². The van der Waals surface area contributed by atoms with Gasteiger partial charge in [-0.05, 0) is 20.8 Å². The summed E-state index contributed by atoms with van der Waals surface area (Å²) in [7, 11) is 0. The average Bonchev–Trinajstić information content (AvgIpc) is 1.79. The van der Waals surface area contributed by atoms with Crippen LogP contribution < -0.4 is 0 Å². The van der Waals surface area contributed by atoms with Crippen molar-refractivity contribution < 1.29 is 5.11 Å². The number of hydrogen-bond donors (Lipinski definition) is 1. The first-order valence-corrected chi connectivity index (χ1v) is 4.38. The minimum Gasteiger partial charge on any atom is -0.393 e. The number of aliphatic hydroxyl groups excluding tert-OH is 1. The fourth-order valence-electron chi connectivity index (χ4n) is 1.51. The normalized spacial score (nSPS) is 26.7. The molecule has 0 aliphatic carbocycles. The molecular weight excluding hydrogens is 138 g/mol. The Morgan fingerprint density at radius 2 is 1.73 bits per heavy atom. The van der Waals surface area contributed by atoms with E-state index in [2.05, 4.69) is 25.7 Å². The predicted molar refractivity (Wildman–Crippen MR) is 46.5 cm³/mol. The number of rotatable bonds is 2. The Hall–Kier alpha value is -0.0800. The third-order valence-corrected chi connectivity index (χ3v) is 2.87. The predicted octanol–water partition coefficient (Wildman–Crippen LogP) is 1.10. The van der Waals surface area contributed by atoms with Gasteiger partial charge in [0.1, 0.15) is 0 Å². The van der Waals surface area contributed by atoms with Gasteiger partial charge < -0.3 is 5.11 Å². The molecule has 1 heterocycles. The van der Waals surface area contributed by atoms with Crippen molar-refractivity contribution in [1.29, 1.82) is 0 Å². The first kappa shape index (κ1) is 9.01. The second kappa shape index (κ2) is 2.76. The Balaban J connectivity index is 2.38. The van der Waals surface area contributed by atoms with Crippen LogP contribution in [0, 0.1) is 5.41 Å². The van der Waals surface area contributed by atoms with Crippen molar-refractivity contribution >= 4 is 0 Å². The maximum atomic E-state index is 9.40. The van der Waals surface area contributed by atoms with Gasteiger partial charge in [0.2, 0.25) is 0 Å². The lowest BCUT2D eigenvalue weighted by molar-refractivity contribution is -0.0849. The summed E-state index contributed by atoms with van der Waals surface area (Å²) in [4.78, 5) is 2.38. The largest absolute Gasteiger partial charge is 0.393 e. The van der Waals surface area contributed by atoms with Gasteiger partial charge >= 0.3 is 0 Å². The van der Waals surface area contributed by atoms with E-state index >= 15 is 0 Å². The fraction of sp³-hybridized carbons (Fsp3) is 1.00. The minimum absolute atomic E-state index is 0.157. The molecule has 11 heavy (non-hydrogen) atoms. The topological polar surface area (TPSA) is 23.5 Å². The van der Waals surface area contributed by atoms with Gasteiger partial charge in [0.15, 0.2) is 0 Å². The molecular formula is C9H19NO. The number of nitrogens with zero attached hydrogens (tertiary/aromatic N) is 1. The molecule has 1 aliphatic heterocycles. The third-order valence-electron chi connectivity index (χ3n) is 2.87. The zero-order chi connectivity index (χ0) is 8.65. The van der Waals surface area contributed by atoms with Gasteiger partial charge in [0.25, 0.3) is 0 Å². The SMILES string of the molecule is CC(C)N1CC(C)(C(C)O)C1. The van der Waals surface area contributed by atoms with Crippen molar-refractivity contribution in [1.82, 2.24) is 4.90 Å². The van der Waals surface area contributed by atoms with E-state index < -0.39 is 0 Å². The highest BCUT2D eigenvalue weighted by atomic mass is 16.3. The van der Waals surface area contributed by atoms with Gasteiger partial charge in [-0.1, -0.05) is 6.92 Å². The fourth-order valence-corrected chi connectivity index (χ4v) is 1.51. The van der Waals surface area contributed by atoms with Crippen molar-refractivity contribution in [3.05, 3.63) is 0 Å². The van der Waals surface area contributed by atoms with E-state index in [1.165, 1.54) is 0 Å². The molecule has 2 nitrogen and oxygen atoms in total. The minimum atomic E-state index is -0.169. The molecule has 66 valence electrons. The summed E-state index contributed by atoms with van der Waals surface area (Å²) in [6.07, 6.45) is -0.169. The standard InChI is InChI=1S/C9H19NO/c1-7(2)10-5-9(4,6-10)8(3)11/h7-8,11H,5-6H2,1-4H3. The van der Waals surface area contributed by atoms with Crippen LogP contribution in [0.2, 0.25) is 0 Å². The Bertz CT molecular complexity index is 136. The highest BCUT2D eigenvalue weighted by molar-refractivity contribution is 4.95. The van der Waals surface area contributed by atoms with Crippen molar-refractivity contribution in [3.8, 4) is 0 Å². The van der Waals surface area contributed by atoms with Crippen LogP contribution in [0.25, 0.3) is 0 Å². The van der Waals surface area contributed by atoms with Gasteiger partial charge in [0, 0.05) is 24.5 Å². The summed E-state index contributed by atoms with van der Waals surface area (Å²) in [5.41, 5.74) is 0.157. The lowest BCUT2D eigenvalue weighted by atomic mass is 9.77. The van der Waals surface area contributed by atoms with Crippen LogP contribution in [0.15, 0.2) is 0 Å². The molecule has 2 heteroatoms. The van der Waals surface area contributed by atoms with E-state index in [1.807, 2.05) is 6.92 Å². The molecule has 1 unspecified atom stereocenters. The summed E-state index contributed by atoms with van der Waals surface area (Å²) in [6.45, 7) is 10.5. The van der Waals surface area contributed by atoms with Crippen LogP contribution in [0.4, 0.5) is 0 Å². The summed E-state index contributed by atoms with van der Waals surface area (Å²) in [6, 6.07) is 0.627. The summed E-state index contributed by atoms with van der Waals surface area (Å²) >= 11 is 0. The Morgan fingerprint density at radius 1 is 1.27 bits per heavy atom. The Morgan fingerprint density at radius 3 is 2.00 bits per heavy atom. The number of hydrogen-bond acceptors (Lipinski definition) is 2. The van der Waals surface area contributed by atoms with Crippen LogP contribution >= 0.6 is 0 Å². The second-order valence-electron chi connectivity index (χ2n) is 4.33. The van der Waals surface area contributed by atoms with Gasteiger partial charge in [-0.3, -0.25) is 4.90 Å². The van der Waals surface area contributed by atoms with Crippen molar-refractivity contribution in [2.24, 2.45) is 5.41 Å². The highest BCUT2D eigenvalue weighted by Gasteiger charge is 2.42. The summed E-state index contributed by atoms with van der Waals surface area (Å²) in [5, 5.41) is 9.40. The van der Waals surface area contributed by atoms with E-state index in [-0.39, 0.29) is 11.5 Å². The molecule has 0 bridgehead atoms. The van der Waals surface area contributed by atoms with E-state index in [4.69, 9.17) is 0 Å². The van der Waals surface area contributed by atoms with Gasteiger partial charge in [-0.25, -0.2) is 0 Å². The first-order chi connectivity index (χ1) is 4.96. The van der Waals surface area contributed by atoms with Crippen LogP contribution in [-0.4, -0.2) is 35.2 Å². The number of aliphatic hydroxyl groups is 1. The van der Waals surface area contributed by atoms with Crippen LogP contribution in [-0.2, 0) is 0 Å². The van der Waals surface area contributed by atoms with Crippen LogP contribution in [0.5, 0.6) is 0 Å². The monoisotopic (exact) mass is 157 g/mol. The lowest BCUT2D eigenvalue weighted by Crippen LogP contribution is -2.61. The molecule has 0 amide bonds. The van der Waals surface area contributed by atoms with E-state index in [0.29, 0.717) is 6.04 Å². The molecule has 0 aromatic rings. The van der Waals surface area contributed by atoms with Crippen molar-refractivity contribution in [2.45, 2.75) is 39.8 Å². The zero-order valence-corrected chi connectivity index (χ0v) is 7.96. The first-order valence-electron chi connectivity index (χ1n) is 4.38. The van der Waals surface area contributed by atoms with Gasteiger partial charge in [-0.2, -0.15) is 0 Å². The van der Waals surface area contributed by atoms with E-state index in [0.717, 1.165) is 13.1 Å². The number of likely N-dealkylation sites (tertiary alicyclic amines) is 1. The molecule has 0 spiro atoms. The lowest BCUT2D eigenvalue weighted by Gasteiger charge is -2.51. The van der Waals surface area contributed by atoms with E-state index in [1.54, 1.807) is 0 Å². The van der Waals surface area contributed by atoms with E-state index in [9.17, 15) is 5.11 Å².